The van der Waals surface area contributed by atoms with E-state index in [4.69, 9.17) is 10.2 Å². The fourth-order valence-electron chi connectivity index (χ4n) is 0.686. The highest BCUT2D eigenvalue weighted by atomic mass is 16.3. The van der Waals surface area contributed by atoms with Gasteiger partial charge in [0.25, 0.3) is 0 Å². The Bertz CT molecular complexity index is 108. The van der Waals surface area contributed by atoms with E-state index in [0.29, 0.717) is 0 Å². The molecule has 65 valence electrons. The smallest absolute Gasteiger partial charge is 0.0979 e. The summed E-state index contributed by atoms with van der Waals surface area (Å²) >= 11 is 0. The zero-order valence-electron chi connectivity index (χ0n) is 7.03. The third kappa shape index (κ3) is 6.07. The Balaban J connectivity index is 3.40. The van der Waals surface area contributed by atoms with Gasteiger partial charge in [-0.05, 0) is 13.3 Å². The minimum Gasteiger partial charge on any atom is -0.390 e. The average Bonchev–Trinajstić information content (AvgIpc) is 1.97. The van der Waals surface area contributed by atoms with E-state index in [2.05, 4.69) is 13.8 Å². The first-order valence-corrected chi connectivity index (χ1v) is 4.04. The maximum Gasteiger partial charge on any atom is 0.0979 e. The first-order valence-electron chi connectivity index (χ1n) is 4.04. The third-order valence-corrected chi connectivity index (χ3v) is 1.45. The van der Waals surface area contributed by atoms with Gasteiger partial charge in [-0.3, -0.25) is 0 Å². The van der Waals surface area contributed by atoms with E-state index in [-0.39, 0.29) is 0 Å². The lowest BCUT2D eigenvalue weighted by Gasteiger charge is -2.06. The molecule has 2 heteroatoms. The van der Waals surface area contributed by atoms with Gasteiger partial charge in [-0.2, -0.15) is 0 Å². The van der Waals surface area contributed by atoms with Crippen molar-refractivity contribution >= 4 is 0 Å². The zero-order chi connectivity index (χ0) is 8.69. The van der Waals surface area contributed by atoms with Crippen LogP contribution in [0.4, 0.5) is 0 Å². The fourth-order valence-corrected chi connectivity index (χ4v) is 0.686. The lowest BCUT2D eigenvalue weighted by Crippen LogP contribution is -2.19. The minimum absolute atomic E-state index is 0.813. The number of unbranched alkanes of at least 4 members (excludes halogenated alkanes) is 2. The molecule has 0 aromatic rings. The second kappa shape index (κ2) is 6.38. The summed E-state index contributed by atoms with van der Waals surface area (Å²) in [5, 5.41) is 17.8. The van der Waals surface area contributed by atoms with Crippen LogP contribution in [0.1, 0.15) is 26.2 Å². The maximum atomic E-state index is 9.03. The fraction of sp³-hybridized carbons (Fsp3) is 0.667. The Hall–Kier alpha value is -0.340. The van der Waals surface area contributed by atoms with Crippen LogP contribution in [0.5, 0.6) is 0 Å². The topological polar surface area (TPSA) is 40.5 Å². The van der Waals surface area contributed by atoms with E-state index < -0.39 is 12.2 Å². The molecule has 0 amide bonds. The van der Waals surface area contributed by atoms with Gasteiger partial charge in [-0.25, -0.2) is 0 Å². The molecule has 2 nitrogen and oxygen atoms in total. The van der Waals surface area contributed by atoms with Crippen LogP contribution in [0.2, 0.25) is 0 Å². The lowest BCUT2D eigenvalue weighted by molar-refractivity contribution is 0.0788. The predicted octanol–water partition coefficient (Wildman–Crippen LogP) is 1.29. The van der Waals surface area contributed by atoms with Gasteiger partial charge >= 0.3 is 0 Å². The van der Waals surface area contributed by atoms with Crippen molar-refractivity contribution in [3.8, 4) is 0 Å². The molecule has 0 fully saturated rings. The molecule has 2 unspecified atom stereocenters. The summed E-state index contributed by atoms with van der Waals surface area (Å²) in [5.41, 5.74) is 0. The Labute approximate surface area is 68.6 Å². The highest BCUT2D eigenvalue weighted by Gasteiger charge is 2.04. The molecule has 0 spiro atoms. The van der Waals surface area contributed by atoms with Crippen molar-refractivity contribution in [2.24, 2.45) is 0 Å². The van der Waals surface area contributed by atoms with Crippen LogP contribution in [-0.2, 0) is 0 Å². The van der Waals surface area contributed by atoms with E-state index in [0.717, 1.165) is 19.3 Å². The molecule has 0 bridgehead atoms. The summed E-state index contributed by atoms with van der Waals surface area (Å²) < 4.78 is 0. The van der Waals surface area contributed by atoms with Crippen molar-refractivity contribution in [1.29, 1.82) is 0 Å². The second-order valence-electron chi connectivity index (χ2n) is 2.63. The maximum absolute atomic E-state index is 9.03. The molecule has 0 aromatic carbocycles. The number of allylic oxidation sites excluding steroid dienone is 1. The first-order chi connectivity index (χ1) is 5.18. The molecule has 0 aliphatic rings. The quantitative estimate of drug-likeness (QED) is 0.466. The van der Waals surface area contributed by atoms with Gasteiger partial charge in [-0.1, -0.05) is 31.9 Å². The van der Waals surface area contributed by atoms with Crippen molar-refractivity contribution < 1.29 is 10.2 Å². The van der Waals surface area contributed by atoms with Crippen molar-refractivity contribution in [2.75, 3.05) is 0 Å². The summed E-state index contributed by atoms with van der Waals surface area (Å²) in [6, 6.07) is 0. The number of rotatable bonds is 5. The van der Waals surface area contributed by atoms with Crippen LogP contribution in [0.3, 0.4) is 0 Å². The molecular weight excluding hydrogens is 140 g/mol. The number of aliphatic hydroxyl groups is 2. The third-order valence-electron chi connectivity index (χ3n) is 1.45. The van der Waals surface area contributed by atoms with Crippen molar-refractivity contribution in [1.82, 2.24) is 0 Å². The molecule has 0 aliphatic carbocycles. The Kier molecular flexibility index (Phi) is 6.18. The van der Waals surface area contributed by atoms with Gasteiger partial charge in [0.2, 0.25) is 0 Å². The zero-order valence-corrected chi connectivity index (χ0v) is 7.03. The van der Waals surface area contributed by atoms with E-state index >= 15 is 0 Å². The molecule has 2 N–H and O–H groups in total. The highest BCUT2D eigenvalue weighted by Crippen LogP contribution is 1.98. The summed E-state index contributed by atoms with van der Waals surface area (Å²) in [6.45, 7) is 5.40. The Morgan fingerprint density at radius 1 is 1.45 bits per heavy atom. The van der Waals surface area contributed by atoms with Crippen LogP contribution in [0.25, 0.3) is 0 Å². The molecule has 0 aromatic heterocycles. The molecule has 0 saturated carbocycles. The molecule has 11 heavy (non-hydrogen) atoms. The van der Waals surface area contributed by atoms with Gasteiger partial charge in [-0.15, -0.1) is 0 Å². The first kappa shape index (κ1) is 10.7. The van der Waals surface area contributed by atoms with Gasteiger partial charge in [0.05, 0.1) is 12.2 Å². The summed E-state index contributed by atoms with van der Waals surface area (Å²) in [4.78, 5) is 0. The highest BCUT2D eigenvalue weighted by molar-refractivity contribution is 4.92. The van der Waals surface area contributed by atoms with Crippen molar-refractivity contribution in [2.45, 2.75) is 38.4 Å². The number of hydrogen-bond donors (Lipinski definition) is 2. The van der Waals surface area contributed by atoms with Crippen LogP contribution in [0.15, 0.2) is 12.2 Å². The van der Waals surface area contributed by atoms with E-state index in [1.54, 1.807) is 6.08 Å². The molecule has 0 aliphatic heterocycles. The van der Waals surface area contributed by atoms with Crippen molar-refractivity contribution in [3.05, 3.63) is 19.1 Å². The predicted molar refractivity (Wildman–Crippen MR) is 46.0 cm³/mol. The van der Waals surface area contributed by atoms with Crippen LogP contribution in [0, 0.1) is 6.92 Å². The van der Waals surface area contributed by atoms with Gasteiger partial charge in [0.1, 0.15) is 0 Å². The molecule has 0 heterocycles. The summed E-state index contributed by atoms with van der Waals surface area (Å²) in [5.74, 6) is 0. The normalized spacial score (nSPS) is 17.1. The van der Waals surface area contributed by atoms with E-state index in [9.17, 15) is 0 Å². The SMILES string of the molecule is [CH2]C(O)C(O)C=CCCCC. The standard InChI is InChI=1S/C9H17O2/c1-3-4-5-6-7-9(11)8(2)10/h6-11H,2-5H2,1H3. The average molecular weight is 157 g/mol. The van der Waals surface area contributed by atoms with E-state index in [1.807, 2.05) is 6.08 Å². The van der Waals surface area contributed by atoms with E-state index in [1.165, 1.54) is 0 Å². The number of hydrogen-bond acceptors (Lipinski definition) is 2. The molecule has 0 saturated heterocycles. The molecule has 1 radical (unpaired) electrons. The number of aliphatic hydroxyl groups excluding tert-OH is 2. The minimum atomic E-state index is -0.909. The Morgan fingerprint density at radius 2 is 2.09 bits per heavy atom. The lowest BCUT2D eigenvalue weighted by atomic mass is 10.2. The molecular formula is C9H17O2. The summed E-state index contributed by atoms with van der Waals surface area (Å²) in [7, 11) is 0. The van der Waals surface area contributed by atoms with Gasteiger partial charge in [0.15, 0.2) is 0 Å². The van der Waals surface area contributed by atoms with Crippen LogP contribution >= 0.6 is 0 Å². The molecule has 0 rings (SSSR count). The monoisotopic (exact) mass is 157 g/mol. The van der Waals surface area contributed by atoms with Crippen LogP contribution in [-0.4, -0.2) is 22.4 Å². The van der Waals surface area contributed by atoms with Gasteiger partial charge in [0, 0.05) is 0 Å². The van der Waals surface area contributed by atoms with Gasteiger partial charge < -0.3 is 10.2 Å². The molecule has 2 atom stereocenters. The largest absolute Gasteiger partial charge is 0.390 e. The Morgan fingerprint density at radius 3 is 2.55 bits per heavy atom. The summed E-state index contributed by atoms with van der Waals surface area (Å²) in [6.07, 6.45) is 4.97. The second-order valence-corrected chi connectivity index (χ2v) is 2.63. The van der Waals surface area contributed by atoms with Crippen molar-refractivity contribution in [3.63, 3.8) is 0 Å². The van der Waals surface area contributed by atoms with Crippen LogP contribution < -0.4 is 0 Å².